The lowest BCUT2D eigenvalue weighted by Crippen LogP contribution is -1.85. The summed E-state index contributed by atoms with van der Waals surface area (Å²) >= 11 is 0. The lowest BCUT2D eigenvalue weighted by atomic mass is 10.1. The topological polar surface area (TPSA) is 46.0 Å². The van der Waals surface area contributed by atoms with Gasteiger partial charge in [-0.15, -0.1) is 0 Å². The molecule has 3 rings (SSSR count). The molecule has 0 aliphatic carbocycles. The third kappa shape index (κ3) is 1.83. The molecule has 0 radical (unpaired) electrons. The van der Waals surface area contributed by atoms with E-state index in [0.717, 1.165) is 22.2 Å². The number of pyridine rings is 2. The van der Waals surface area contributed by atoms with Crippen molar-refractivity contribution in [3.63, 3.8) is 0 Å². The van der Waals surface area contributed by atoms with E-state index in [1.54, 1.807) is 24.5 Å². The van der Waals surface area contributed by atoms with E-state index in [1.165, 1.54) is 0 Å². The molecule has 0 amide bonds. The Hall–Kier alpha value is -2.42. The van der Waals surface area contributed by atoms with Gasteiger partial charge in [-0.25, -0.2) is 4.98 Å². The Kier molecular flexibility index (Phi) is 2.22. The largest absolute Gasteiger partial charge is 0.508 e. The Morgan fingerprint density at radius 1 is 0.882 bits per heavy atom. The normalized spacial score (nSPS) is 10.6. The number of nitrogens with zero attached hydrogens (tertiary/aromatic N) is 2. The van der Waals surface area contributed by atoms with Crippen molar-refractivity contribution in [1.82, 2.24) is 9.97 Å². The number of rotatable bonds is 1. The van der Waals surface area contributed by atoms with Crippen molar-refractivity contribution in [1.29, 1.82) is 0 Å². The van der Waals surface area contributed by atoms with Crippen molar-refractivity contribution in [2.24, 2.45) is 0 Å². The summed E-state index contributed by atoms with van der Waals surface area (Å²) in [7, 11) is 0. The van der Waals surface area contributed by atoms with Crippen LogP contribution in [0, 0.1) is 0 Å². The third-order valence-corrected chi connectivity index (χ3v) is 2.65. The molecule has 0 atom stereocenters. The van der Waals surface area contributed by atoms with Crippen molar-refractivity contribution in [2.75, 3.05) is 0 Å². The van der Waals surface area contributed by atoms with E-state index in [9.17, 15) is 5.11 Å². The van der Waals surface area contributed by atoms with E-state index in [0.29, 0.717) is 0 Å². The van der Waals surface area contributed by atoms with Crippen molar-refractivity contribution in [2.45, 2.75) is 0 Å². The van der Waals surface area contributed by atoms with Gasteiger partial charge in [-0.2, -0.15) is 0 Å². The number of aromatic nitrogens is 2. The van der Waals surface area contributed by atoms with E-state index < -0.39 is 0 Å². The van der Waals surface area contributed by atoms with Gasteiger partial charge in [0.2, 0.25) is 0 Å². The van der Waals surface area contributed by atoms with Crippen LogP contribution in [0.5, 0.6) is 5.75 Å². The molecule has 0 aliphatic rings. The van der Waals surface area contributed by atoms with E-state index in [4.69, 9.17) is 0 Å². The van der Waals surface area contributed by atoms with E-state index in [2.05, 4.69) is 9.97 Å². The third-order valence-electron chi connectivity index (χ3n) is 2.65. The van der Waals surface area contributed by atoms with E-state index >= 15 is 0 Å². The monoisotopic (exact) mass is 222 g/mol. The van der Waals surface area contributed by atoms with Crippen molar-refractivity contribution in [3.05, 3.63) is 54.9 Å². The predicted octanol–water partition coefficient (Wildman–Crippen LogP) is 3.00. The van der Waals surface area contributed by atoms with Gasteiger partial charge in [-0.05, 0) is 36.4 Å². The van der Waals surface area contributed by atoms with Gasteiger partial charge in [0.15, 0.2) is 0 Å². The second-order valence-corrected chi connectivity index (χ2v) is 3.81. The van der Waals surface area contributed by atoms with Crippen LogP contribution in [0.1, 0.15) is 0 Å². The smallest absolute Gasteiger partial charge is 0.116 e. The summed E-state index contributed by atoms with van der Waals surface area (Å²) in [4.78, 5) is 8.53. The fourth-order valence-corrected chi connectivity index (χ4v) is 1.80. The molecule has 0 unspecified atom stereocenters. The fourth-order valence-electron chi connectivity index (χ4n) is 1.80. The Bertz CT molecular complexity index is 665. The highest BCUT2D eigenvalue weighted by Gasteiger charge is 2.01. The van der Waals surface area contributed by atoms with Crippen LogP contribution in [0.4, 0.5) is 0 Å². The summed E-state index contributed by atoms with van der Waals surface area (Å²) in [5.41, 5.74) is 2.82. The summed E-state index contributed by atoms with van der Waals surface area (Å²) in [6, 6.07) is 12.9. The maximum Gasteiger partial charge on any atom is 0.116 e. The van der Waals surface area contributed by atoms with Crippen LogP contribution in [0.25, 0.3) is 22.2 Å². The highest BCUT2D eigenvalue weighted by Crippen LogP contribution is 2.22. The summed E-state index contributed by atoms with van der Waals surface area (Å²) in [6.07, 6.45) is 3.50. The molecular weight excluding hydrogens is 212 g/mol. The van der Waals surface area contributed by atoms with Crippen LogP contribution in [0.15, 0.2) is 54.9 Å². The predicted molar refractivity (Wildman–Crippen MR) is 66.6 cm³/mol. The quantitative estimate of drug-likeness (QED) is 0.688. The van der Waals surface area contributed by atoms with Crippen LogP contribution in [-0.4, -0.2) is 15.1 Å². The Morgan fingerprint density at radius 3 is 2.53 bits per heavy atom. The molecule has 17 heavy (non-hydrogen) atoms. The van der Waals surface area contributed by atoms with Crippen molar-refractivity contribution < 1.29 is 5.11 Å². The summed E-state index contributed by atoms with van der Waals surface area (Å²) in [5, 5.41) is 10.3. The summed E-state index contributed by atoms with van der Waals surface area (Å²) < 4.78 is 0. The molecule has 2 heterocycles. The molecule has 0 aliphatic heterocycles. The van der Waals surface area contributed by atoms with E-state index in [-0.39, 0.29) is 5.75 Å². The minimum absolute atomic E-state index is 0.260. The first-order valence-corrected chi connectivity index (χ1v) is 5.33. The van der Waals surface area contributed by atoms with Gasteiger partial charge in [0, 0.05) is 23.3 Å². The zero-order valence-corrected chi connectivity index (χ0v) is 9.04. The highest BCUT2D eigenvalue weighted by atomic mass is 16.3. The standard InChI is InChI=1S/C14H10N2O/c17-12-2-4-14-11(9-12)1-3-13(16-14)10-5-7-15-8-6-10/h1-9,17H. The summed E-state index contributed by atoms with van der Waals surface area (Å²) in [6.45, 7) is 0. The van der Waals surface area contributed by atoms with Crippen molar-refractivity contribution >= 4 is 10.9 Å². The number of fused-ring (bicyclic) bond motifs is 1. The number of hydrogen-bond donors (Lipinski definition) is 1. The average Bonchev–Trinajstić information content (AvgIpc) is 2.39. The van der Waals surface area contributed by atoms with Gasteiger partial charge >= 0.3 is 0 Å². The second-order valence-electron chi connectivity index (χ2n) is 3.81. The van der Waals surface area contributed by atoms with Gasteiger partial charge in [-0.3, -0.25) is 4.98 Å². The van der Waals surface area contributed by atoms with Crippen LogP contribution in [0.3, 0.4) is 0 Å². The lowest BCUT2D eigenvalue weighted by Gasteiger charge is -2.03. The molecule has 0 saturated heterocycles. The van der Waals surface area contributed by atoms with Crippen LogP contribution >= 0.6 is 0 Å². The Labute approximate surface area is 98.4 Å². The SMILES string of the molecule is Oc1ccc2nc(-c3ccncc3)ccc2c1. The van der Waals surface area contributed by atoms with Gasteiger partial charge in [0.1, 0.15) is 5.75 Å². The van der Waals surface area contributed by atoms with Crippen LogP contribution in [-0.2, 0) is 0 Å². The number of aromatic hydroxyl groups is 1. The first kappa shape index (κ1) is 9.78. The average molecular weight is 222 g/mol. The molecule has 0 fully saturated rings. The molecule has 1 N–H and O–H groups in total. The molecule has 3 nitrogen and oxygen atoms in total. The Morgan fingerprint density at radius 2 is 1.71 bits per heavy atom. The minimum atomic E-state index is 0.260. The Balaban J connectivity index is 2.17. The summed E-state index contributed by atoms with van der Waals surface area (Å²) in [5.74, 6) is 0.260. The molecule has 1 aromatic carbocycles. The zero-order valence-electron chi connectivity index (χ0n) is 9.04. The van der Waals surface area contributed by atoms with Crippen LogP contribution < -0.4 is 0 Å². The molecule has 3 heteroatoms. The molecule has 0 spiro atoms. The van der Waals surface area contributed by atoms with Crippen molar-refractivity contribution in [3.8, 4) is 17.0 Å². The van der Waals surface area contributed by atoms with Gasteiger partial charge < -0.3 is 5.11 Å². The first-order valence-electron chi connectivity index (χ1n) is 5.33. The minimum Gasteiger partial charge on any atom is -0.508 e. The molecule has 2 aromatic heterocycles. The second kappa shape index (κ2) is 3.87. The van der Waals surface area contributed by atoms with Crippen LogP contribution in [0.2, 0.25) is 0 Å². The molecule has 0 bridgehead atoms. The van der Waals surface area contributed by atoms with E-state index in [1.807, 2.05) is 30.3 Å². The number of benzene rings is 1. The molecule has 82 valence electrons. The number of phenolic OH excluding ortho intramolecular Hbond substituents is 1. The van der Waals surface area contributed by atoms with Gasteiger partial charge in [0.05, 0.1) is 11.2 Å². The molecule has 0 saturated carbocycles. The molecule has 3 aromatic rings. The zero-order chi connectivity index (χ0) is 11.7. The van der Waals surface area contributed by atoms with Gasteiger partial charge in [0.25, 0.3) is 0 Å². The fraction of sp³-hybridized carbons (Fsp3) is 0. The maximum absolute atomic E-state index is 9.38. The molecular formula is C14H10N2O. The first-order chi connectivity index (χ1) is 8.33. The number of hydrogen-bond acceptors (Lipinski definition) is 3. The van der Waals surface area contributed by atoms with Gasteiger partial charge in [-0.1, -0.05) is 6.07 Å². The lowest BCUT2D eigenvalue weighted by molar-refractivity contribution is 0.476. The number of phenols is 1. The highest BCUT2D eigenvalue weighted by molar-refractivity contribution is 5.82. The maximum atomic E-state index is 9.38.